The fraction of sp³-hybridized carbons (Fsp3) is 0.0667. The topological polar surface area (TPSA) is 83.6 Å². The van der Waals surface area contributed by atoms with Gasteiger partial charge in [0.1, 0.15) is 11.0 Å². The van der Waals surface area contributed by atoms with E-state index in [9.17, 15) is 4.79 Å². The van der Waals surface area contributed by atoms with E-state index in [0.29, 0.717) is 21.5 Å². The summed E-state index contributed by atoms with van der Waals surface area (Å²) in [6.07, 6.45) is 1.53. The molecule has 2 heterocycles. The minimum atomic E-state index is -0.341. The number of hydrogen-bond donors (Lipinski definition) is 2. The second kappa shape index (κ2) is 6.47. The highest BCUT2D eigenvalue weighted by Crippen LogP contribution is 2.22. The number of aromatic nitrogens is 4. The molecule has 8 heteroatoms. The highest BCUT2D eigenvalue weighted by atomic mass is 79.9. The average Bonchev–Trinajstić information content (AvgIpc) is 2.96. The third-order valence-electron chi connectivity index (χ3n) is 3.03. The maximum atomic E-state index is 12.3. The van der Waals surface area contributed by atoms with Gasteiger partial charge in [0.05, 0.1) is 5.56 Å². The van der Waals surface area contributed by atoms with Gasteiger partial charge in [-0.2, -0.15) is 5.10 Å². The number of aromatic amines is 1. The summed E-state index contributed by atoms with van der Waals surface area (Å²) in [6, 6.07) is 8.87. The van der Waals surface area contributed by atoms with Crippen LogP contribution in [0.2, 0.25) is 5.15 Å². The molecule has 2 N–H and O–H groups in total. The molecule has 2 aromatic heterocycles. The Morgan fingerprint density at radius 1 is 1.35 bits per heavy atom. The number of carbonyl (C=O) groups is 1. The van der Waals surface area contributed by atoms with Crippen molar-refractivity contribution in [3.8, 4) is 11.4 Å². The van der Waals surface area contributed by atoms with E-state index in [4.69, 9.17) is 11.6 Å². The lowest BCUT2D eigenvalue weighted by atomic mass is 10.2. The van der Waals surface area contributed by atoms with E-state index in [0.717, 1.165) is 11.4 Å². The summed E-state index contributed by atoms with van der Waals surface area (Å²) < 4.78 is 0.678. The number of H-pyrrole nitrogens is 1. The molecule has 0 unspecified atom stereocenters. The van der Waals surface area contributed by atoms with Gasteiger partial charge in [0.15, 0.2) is 5.82 Å². The van der Waals surface area contributed by atoms with Gasteiger partial charge in [0, 0.05) is 21.9 Å². The molecule has 0 saturated carbocycles. The van der Waals surface area contributed by atoms with Gasteiger partial charge in [-0.25, -0.2) is 9.97 Å². The Morgan fingerprint density at radius 3 is 2.91 bits per heavy atom. The summed E-state index contributed by atoms with van der Waals surface area (Å²) in [6.45, 7) is 1.82. The van der Waals surface area contributed by atoms with Crippen LogP contribution in [0.1, 0.15) is 16.2 Å². The van der Waals surface area contributed by atoms with Crippen LogP contribution in [0.25, 0.3) is 11.4 Å². The first kappa shape index (κ1) is 15.6. The first-order chi connectivity index (χ1) is 11.0. The van der Waals surface area contributed by atoms with Crippen molar-refractivity contribution in [2.75, 3.05) is 5.32 Å². The number of hydrogen-bond acceptors (Lipinski definition) is 4. The fourth-order valence-electron chi connectivity index (χ4n) is 1.99. The predicted molar refractivity (Wildman–Crippen MR) is 91.5 cm³/mol. The standard InChI is InChI=1S/C15H11BrClN5O/c1-8-19-14(22-21-8)9-3-2-4-11(5-9)20-15(23)12-6-10(16)7-18-13(12)17/h2-7H,1H3,(H,20,23)(H,19,21,22). The largest absolute Gasteiger partial charge is 0.322 e. The van der Waals surface area contributed by atoms with Crippen molar-refractivity contribution in [2.24, 2.45) is 0 Å². The van der Waals surface area contributed by atoms with E-state index in [1.807, 2.05) is 19.1 Å². The molecule has 0 spiro atoms. The van der Waals surface area contributed by atoms with Gasteiger partial charge in [0.25, 0.3) is 5.91 Å². The molecule has 6 nitrogen and oxygen atoms in total. The Labute approximate surface area is 145 Å². The molecule has 0 fully saturated rings. The highest BCUT2D eigenvalue weighted by Gasteiger charge is 2.13. The van der Waals surface area contributed by atoms with E-state index in [1.165, 1.54) is 6.20 Å². The average molecular weight is 393 g/mol. The molecule has 0 aliphatic rings. The molecule has 116 valence electrons. The van der Waals surface area contributed by atoms with Crippen molar-refractivity contribution in [3.05, 3.63) is 57.5 Å². The number of carbonyl (C=O) groups excluding carboxylic acids is 1. The zero-order chi connectivity index (χ0) is 16.4. The molecular weight excluding hydrogens is 382 g/mol. The SMILES string of the molecule is Cc1nc(-c2cccc(NC(=O)c3cc(Br)cnc3Cl)c2)n[nH]1. The second-order valence-corrected chi connectivity index (χ2v) is 6.04. The summed E-state index contributed by atoms with van der Waals surface area (Å²) in [7, 11) is 0. The third kappa shape index (κ3) is 3.57. The summed E-state index contributed by atoms with van der Waals surface area (Å²) in [5, 5.41) is 9.83. The quantitative estimate of drug-likeness (QED) is 0.663. The minimum Gasteiger partial charge on any atom is -0.322 e. The van der Waals surface area contributed by atoms with Gasteiger partial charge < -0.3 is 5.32 Å². The zero-order valence-electron chi connectivity index (χ0n) is 12.0. The van der Waals surface area contributed by atoms with Gasteiger partial charge in [-0.05, 0) is 41.1 Å². The van der Waals surface area contributed by atoms with Gasteiger partial charge in [-0.15, -0.1) is 0 Å². The van der Waals surface area contributed by atoms with Crippen LogP contribution >= 0.6 is 27.5 Å². The van der Waals surface area contributed by atoms with Crippen molar-refractivity contribution in [1.82, 2.24) is 20.2 Å². The first-order valence-corrected chi connectivity index (χ1v) is 7.82. The molecule has 3 rings (SSSR count). The molecule has 0 aliphatic carbocycles. The molecule has 0 radical (unpaired) electrons. The van der Waals surface area contributed by atoms with Crippen LogP contribution in [0.4, 0.5) is 5.69 Å². The molecule has 1 aromatic carbocycles. The Kier molecular flexibility index (Phi) is 4.40. The van der Waals surface area contributed by atoms with Crippen LogP contribution in [0.5, 0.6) is 0 Å². The van der Waals surface area contributed by atoms with Crippen molar-refractivity contribution in [3.63, 3.8) is 0 Å². The van der Waals surface area contributed by atoms with Gasteiger partial charge >= 0.3 is 0 Å². The Morgan fingerprint density at radius 2 is 2.17 bits per heavy atom. The van der Waals surface area contributed by atoms with E-state index >= 15 is 0 Å². The summed E-state index contributed by atoms with van der Waals surface area (Å²) in [4.78, 5) is 20.6. The Balaban J connectivity index is 1.85. The summed E-state index contributed by atoms with van der Waals surface area (Å²) >= 11 is 9.24. The molecular formula is C15H11BrClN5O. The Bertz CT molecular complexity index is 880. The van der Waals surface area contributed by atoms with E-state index in [2.05, 4.69) is 41.4 Å². The van der Waals surface area contributed by atoms with Crippen LogP contribution in [-0.4, -0.2) is 26.1 Å². The first-order valence-electron chi connectivity index (χ1n) is 6.65. The lowest BCUT2D eigenvalue weighted by Crippen LogP contribution is -2.13. The summed E-state index contributed by atoms with van der Waals surface area (Å²) in [5.41, 5.74) is 1.71. The number of nitrogens with zero attached hydrogens (tertiary/aromatic N) is 3. The second-order valence-electron chi connectivity index (χ2n) is 4.77. The molecule has 23 heavy (non-hydrogen) atoms. The van der Waals surface area contributed by atoms with Crippen molar-refractivity contribution in [2.45, 2.75) is 6.92 Å². The number of aryl methyl sites for hydroxylation is 1. The highest BCUT2D eigenvalue weighted by molar-refractivity contribution is 9.10. The number of amides is 1. The normalized spacial score (nSPS) is 10.6. The zero-order valence-corrected chi connectivity index (χ0v) is 14.3. The van der Waals surface area contributed by atoms with Crippen LogP contribution < -0.4 is 5.32 Å². The molecule has 0 aliphatic heterocycles. The van der Waals surface area contributed by atoms with Gasteiger partial charge in [-0.1, -0.05) is 23.7 Å². The fourth-order valence-corrected chi connectivity index (χ4v) is 2.51. The number of benzene rings is 1. The maximum Gasteiger partial charge on any atom is 0.258 e. The minimum absolute atomic E-state index is 0.145. The number of halogens is 2. The Hall–Kier alpha value is -2.25. The third-order valence-corrected chi connectivity index (χ3v) is 3.76. The van der Waals surface area contributed by atoms with Crippen molar-refractivity contribution >= 4 is 39.1 Å². The van der Waals surface area contributed by atoms with E-state index < -0.39 is 0 Å². The van der Waals surface area contributed by atoms with Crippen molar-refractivity contribution in [1.29, 1.82) is 0 Å². The van der Waals surface area contributed by atoms with Crippen LogP contribution in [-0.2, 0) is 0 Å². The van der Waals surface area contributed by atoms with E-state index in [-0.39, 0.29) is 11.1 Å². The lowest BCUT2D eigenvalue weighted by Gasteiger charge is -2.07. The van der Waals surface area contributed by atoms with Gasteiger partial charge in [-0.3, -0.25) is 9.89 Å². The molecule has 0 atom stereocenters. The monoisotopic (exact) mass is 391 g/mol. The summed E-state index contributed by atoms with van der Waals surface area (Å²) in [5.74, 6) is 0.953. The predicted octanol–water partition coefficient (Wildman–Crippen LogP) is 3.84. The number of nitrogens with one attached hydrogen (secondary N) is 2. The number of pyridine rings is 1. The van der Waals surface area contributed by atoms with Crippen LogP contribution in [0.15, 0.2) is 41.0 Å². The molecule has 3 aromatic rings. The van der Waals surface area contributed by atoms with E-state index in [1.54, 1.807) is 18.2 Å². The smallest absolute Gasteiger partial charge is 0.258 e. The van der Waals surface area contributed by atoms with Crippen LogP contribution in [0, 0.1) is 6.92 Å². The molecule has 0 saturated heterocycles. The van der Waals surface area contributed by atoms with Gasteiger partial charge in [0.2, 0.25) is 0 Å². The number of rotatable bonds is 3. The molecule has 0 bridgehead atoms. The van der Waals surface area contributed by atoms with Crippen molar-refractivity contribution < 1.29 is 4.79 Å². The number of anilines is 1. The van der Waals surface area contributed by atoms with Crippen LogP contribution in [0.3, 0.4) is 0 Å². The lowest BCUT2D eigenvalue weighted by molar-refractivity contribution is 0.102. The maximum absolute atomic E-state index is 12.3. The molecule has 1 amide bonds.